The first kappa shape index (κ1) is 11.5. The molecule has 0 bridgehead atoms. The Bertz CT molecular complexity index is 446. The third-order valence-electron chi connectivity index (χ3n) is 2.06. The van der Waals surface area contributed by atoms with Crippen LogP contribution in [0.2, 0.25) is 0 Å². The first-order chi connectivity index (χ1) is 7.07. The molecular formula is C9H14N2O4. The summed E-state index contributed by atoms with van der Waals surface area (Å²) in [5.41, 5.74) is -1.06. The molecular weight excluding hydrogens is 200 g/mol. The second-order valence-corrected chi connectivity index (χ2v) is 3.06. The number of aromatic amines is 1. The minimum absolute atomic E-state index is 0.131. The Balaban J connectivity index is 3.02. The van der Waals surface area contributed by atoms with E-state index in [4.69, 9.17) is 4.74 Å². The highest BCUT2D eigenvalue weighted by atomic mass is 16.5. The number of aromatic hydroxyl groups is 1. The van der Waals surface area contributed by atoms with Gasteiger partial charge >= 0.3 is 5.69 Å². The summed E-state index contributed by atoms with van der Waals surface area (Å²) < 4.78 is 6.13. The van der Waals surface area contributed by atoms with Crippen molar-refractivity contribution in [1.29, 1.82) is 0 Å². The Morgan fingerprint density at radius 3 is 2.73 bits per heavy atom. The lowest BCUT2D eigenvalue weighted by Gasteiger charge is -2.08. The van der Waals surface area contributed by atoms with Crippen LogP contribution in [-0.4, -0.2) is 27.9 Å². The molecule has 84 valence electrons. The molecule has 0 amide bonds. The van der Waals surface area contributed by atoms with Gasteiger partial charge in [0.1, 0.15) is 0 Å². The molecule has 1 heterocycles. The quantitative estimate of drug-likeness (QED) is 0.667. The Morgan fingerprint density at radius 1 is 1.47 bits per heavy atom. The van der Waals surface area contributed by atoms with Crippen LogP contribution in [0.3, 0.4) is 0 Å². The van der Waals surface area contributed by atoms with Crippen molar-refractivity contribution in [3.8, 4) is 5.88 Å². The zero-order chi connectivity index (χ0) is 11.4. The number of nitrogens with zero attached hydrogens (tertiary/aromatic N) is 1. The molecule has 2 N–H and O–H groups in total. The van der Waals surface area contributed by atoms with Crippen molar-refractivity contribution in [2.45, 2.75) is 20.4 Å². The minimum Gasteiger partial charge on any atom is -0.494 e. The number of aromatic nitrogens is 2. The Hall–Kier alpha value is -1.56. The van der Waals surface area contributed by atoms with Gasteiger partial charge in [-0.05, 0) is 13.8 Å². The second-order valence-electron chi connectivity index (χ2n) is 3.06. The molecule has 0 aromatic carbocycles. The van der Waals surface area contributed by atoms with Gasteiger partial charge in [-0.15, -0.1) is 0 Å². The summed E-state index contributed by atoms with van der Waals surface area (Å²) in [6.45, 7) is 4.36. The third kappa shape index (κ3) is 2.47. The number of hydrogen-bond donors (Lipinski definition) is 2. The van der Waals surface area contributed by atoms with Crippen LogP contribution in [-0.2, 0) is 11.3 Å². The summed E-state index contributed by atoms with van der Waals surface area (Å²) >= 11 is 0. The number of hydrogen-bond acceptors (Lipinski definition) is 4. The topological polar surface area (TPSA) is 84.3 Å². The molecule has 6 heteroatoms. The molecule has 0 unspecified atom stereocenters. The fourth-order valence-corrected chi connectivity index (χ4v) is 1.17. The van der Waals surface area contributed by atoms with Crippen LogP contribution < -0.4 is 11.2 Å². The first-order valence-corrected chi connectivity index (χ1v) is 4.68. The van der Waals surface area contributed by atoms with Crippen LogP contribution in [0.15, 0.2) is 9.59 Å². The zero-order valence-electron chi connectivity index (χ0n) is 8.74. The molecule has 0 radical (unpaired) electrons. The maximum absolute atomic E-state index is 11.3. The van der Waals surface area contributed by atoms with E-state index in [0.29, 0.717) is 13.2 Å². The van der Waals surface area contributed by atoms with E-state index in [1.54, 1.807) is 0 Å². The van der Waals surface area contributed by atoms with Crippen molar-refractivity contribution in [3.05, 3.63) is 26.4 Å². The van der Waals surface area contributed by atoms with Crippen LogP contribution in [0.1, 0.15) is 12.5 Å². The lowest BCUT2D eigenvalue weighted by Crippen LogP contribution is -2.32. The van der Waals surface area contributed by atoms with Gasteiger partial charge in [-0.25, -0.2) is 4.79 Å². The molecule has 15 heavy (non-hydrogen) atoms. The van der Waals surface area contributed by atoms with Gasteiger partial charge < -0.3 is 9.84 Å². The zero-order valence-corrected chi connectivity index (χ0v) is 8.74. The van der Waals surface area contributed by atoms with Crippen molar-refractivity contribution in [2.24, 2.45) is 0 Å². The predicted octanol–water partition coefficient (Wildman–Crippen LogP) is -0.413. The molecule has 0 aliphatic heterocycles. The summed E-state index contributed by atoms with van der Waals surface area (Å²) in [6, 6.07) is 0. The van der Waals surface area contributed by atoms with E-state index < -0.39 is 11.2 Å². The summed E-state index contributed by atoms with van der Waals surface area (Å²) in [7, 11) is 0. The lowest BCUT2D eigenvalue weighted by molar-refractivity contribution is 0.135. The van der Waals surface area contributed by atoms with E-state index >= 15 is 0 Å². The van der Waals surface area contributed by atoms with E-state index in [-0.39, 0.29) is 18.0 Å². The summed E-state index contributed by atoms with van der Waals surface area (Å²) in [6.07, 6.45) is 0. The Morgan fingerprint density at radius 2 is 2.13 bits per heavy atom. The van der Waals surface area contributed by atoms with E-state index in [1.807, 2.05) is 6.92 Å². The highest BCUT2D eigenvalue weighted by Gasteiger charge is 2.09. The van der Waals surface area contributed by atoms with Gasteiger partial charge in [-0.2, -0.15) is 0 Å². The SMILES string of the molecule is CCOCCn1c(O)c(C)c(=O)[nH]c1=O. The molecule has 0 saturated carbocycles. The fraction of sp³-hybridized carbons (Fsp3) is 0.556. The molecule has 1 aromatic heterocycles. The van der Waals surface area contributed by atoms with Gasteiger partial charge in [-0.1, -0.05) is 0 Å². The first-order valence-electron chi connectivity index (χ1n) is 4.68. The Kier molecular flexibility index (Phi) is 3.68. The van der Waals surface area contributed by atoms with Crippen molar-refractivity contribution in [1.82, 2.24) is 9.55 Å². The van der Waals surface area contributed by atoms with E-state index in [9.17, 15) is 14.7 Å². The molecule has 1 rings (SSSR count). The van der Waals surface area contributed by atoms with Crippen LogP contribution in [0.4, 0.5) is 0 Å². The van der Waals surface area contributed by atoms with E-state index in [2.05, 4.69) is 4.98 Å². The van der Waals surface area contributed by atoms with Gasteiger partial charge in [0.25, 0.3) is 5.56 Å². The van der Waals surface area contributed by atoms with Crippen LogP contribution >= 0.6 is 0 Å². The number of nitrogens with one attached hydrogen (secondary N) is 1. The van der Waals surface area contributed by atoms with Crippen molar-refractivity contribution in [3.63, 3.8) is 0 Å². The number of H-pyrrole nitrogens is 1. The molecule has 0 atom stereocenters. The fourth-order valence-electron chi connectivity index (χ4n) is 1.17. The van der Waals surface area contributed by atoms with Crippen molar-refractivity contribution in [2.75, 3.05) is 13.2 Å². The molecule has 0 saturated heterocycles. The predicted molar refractivity (Wildman–Crippen MR) is 54.2 cm³/mol. The lowest BCUT2D eigenvalue weighted by atomic mass is 10.3. The van der Waals surface area contributed by atoms with Gasteiger partial charge in [0.05, 0.1) is 18.7 Å². The van der Waals surface area contributed by atoms with Crippen molar-refractivity contribution >= 4 is 0 Å². The molecule has 6 nitrogen and oxygen atoms in total. The second kappa shape index (κ2) is 4.79. The normalized spacial score (nSPS) is 10.5. The van der Waals surface area contributed by atoms with Gasteiger partial charge in [-0.3, -0.25) is 14.3 Å². The van der Waals surface area contributed by atoms with Crippen LogP contribution in [0.5, 0.6) is 5.88 Å². The third-order valence-corrected chi connectivity index (χ3v) is 2.06. The van der Waals surface area contributed by atoms with Gasteiger partial charge in [0.2, 0.25) is 5.88 Å². The number of rotatable bonds is 4. The molecule has 0 fully saturated rings. The summed E-state index contributed by atoms with van der Waals surface area (Å²) in [5.74, 6) is -0.302. The average Bonchev–Trinajstić information content (AvgIpc) is 2.20. The largest absolute Gasteiger partial charge is 0.494 e. The maximum Gasteiger partial charge on any atom is 0.331 e. The van der Waals surface area contributed by atoms with E-state index in [0.717, 1.165) is 4.57 Å². The smallest absolute Gasteiger partial charge is 0.331 e. The van der Waals surface area contributed by atoms with Crippen molar-refractivity contribution < 1.29 is 9.84 Å². The summed E-state index contributed by atoms with van der Waals surface area (Å²) in [4.78, 5) is 24.5. The highest BCUT2D eigenvalue weighted by Crippen LogP contribution is 2.07. The molecule has 0 aliphatic rings. The standard InChI is InChI=1S/C9H14N2O4/c1-3-15-5-4-11-8(13)6(2)7(12)10-9(11)14/h13H,3-5H2,1-2H3,(H,10,12,14). The Labute approximate surface area is 86.1 Å². The number of ether oxygens (including phenoxy) is 1. The minimum atomic E-state index is -0.622. The van der Waals surface area contributed by atoms with Crippen LogP contribution in [0.25, 0.3) is 0 Å². The molecule has 0 aliphatic carbocycles. The van der Waals surface area contributed by atoms with E-state index in [1.165, 1.54) is 6.92 Å². The monoisotopic (exact) mass is 214 g/mol. The van der Waals surface area contributed by atoms with Gasteiger partial charge in [0, 0.05) is 6.61 Å². The maximum atomic E-state index is 11.3. The highest BCUT2D eigenvalue weighted by molar-refractivity contribution is 5.20. The molecule has 0 spiro atoms. The molecule has 1 aromatic rings. The average molecular weight is 214 g/mol. The van der Waals surface area contributed by atoms with Crippen LogP contribution in [0, 0.1) is 6.92 Å². The van der Waals surface area contributed by atoms with Gasteiger partial charge in [0.15, 0.2) is 0 Å². The summed E-state index contributed by atoms with van der Waals surface area (Å²) in [5, 5.41) is 9.55.